The number of amides is 1. The first kappa shape index (κ1) is 22.4. The molecule has 0 radical (unpaired) electrons. The van der Waals surface area contributed by atoms with E-state index in [1.165, 1.54) is 17.0 Å². The molecule has 164 valence electrons. The molecule has 0 atom stereocenters. The summed E-state index contributed by atoms with van der Waals surface area (Å²) >= 11 is 0. The molecule has 31 heavy (non-hydrogen) atoms. The molecule has 0 bridgehead atoms. The van der Waals surface area contributed by atoms with Gasteiger partial charge in [0.2, 0.25) is 0 Å². The normalized spacial score (nSPS) is 11.2. The van der Waals surface area contributed by atoms with Crippen LogP contribution in [0.25, 0.3) is 0 Å². The van der Waals surface area contributed by atoms with Gasteiger partial charge in [-0.25, -0.2) is 8.42 Å². The fraction of sp³-hybridized carbons (Fsp3) is 0.273. The van der Waals surface area contributed by atoms with E-state index < -0.39 is 10.0 Å². The zero-order chi connectivity index (χ0) is 22.6. The van der Waals surface area contributed by atoms with Gasteiger partial charge in [0.25, 0.3) is 15.9 Å². The first-order valence-electron chi connectivity index (χ1n) is 9.74. The Morgan fingerprint density at radius 1 is 1.16 bits per heavy atom. The zero-order valence-corrected chi connectivity index (χ0v) is 18.7. The highest BCUT2D eigenvalue weighted by atomic mass is 32.2. The van der Waals surface area contributed by atoms with Gasteiger partial charge in [-0.3, -0.25) is 9.52 Å². The number of benzene rings is 2. The lowest BCUT2D eigenvalue weighted by Gasteiger charge is -2.17. The highest BCUT2D eigenvalue weighted by Crippen LogP contribution is 2.21. The number of nitrogens with one attached hydrogen (secondary N) is 1. The molecule has 1 N–H and O–H groups in total. The largest absolute Gasteiger partial charge is 0.494 e. The number of carbonyl (C=O) groups excluding carboxylic acids is 1. The van der Waals surface area contributed by atoms with Gasteiger partial charge in [-0.2, -0.15) is 0 Å². The van der Waals surface area contributed by atoms with Crippen LogP contribution in [0.5, 0.6) is 5.75 Å². The van der Waals surface area contributed by atoms with E-state index in [9.17, 15) is 13.2 Å². The highest BCUT2D eigenvalue weighted by molar-refractivity contribution is 7.92. The average molecular weight is 444 g/mol. The highest BCUT2D eigenvalue weighted by Gasteiger charge is 2.20. The summed E-state index contributed by atoms with van der Waals surface area (Å²) in [5, 5.41) is 3.89. The quantitative estimate of drug-likeness (QED) is 0.569. The number of carbonyl (C=O) groups is 1. The van der Waals surface area contributed by atoms with Crippen LogP contribution < -0.4 is 9.46 Å². The van der Waals surface area contributed by atoms with Crippen LogP contribution in [-0.2, 0) is 16.6 Å². The molecule has 9 heteroatoms. The van der Waals surface area contributed by atoms with E-state index in [0.717, 1.165) is 5.56 Å². The Balaban J connectivity index is 1.77. The lowest BCUT2D eigenvalue weighted by molar-refractivity contribution is 0.0784. The maximum atomic E-state index is 12.9. The molecule has 2 aromatic carbocycles. The molecule has 0 saturated carbocycles. The second kappa shape index (κ2) is 9.22. The average Bonchev–Trinajstić information content (AvgIpc) is 3.06. The molecule has 1 amide bonds. The molecule has 1 aromatic heterocycles. The van der Waals surface area contributed by atoms with Crippen molar-refractivity contribution < 1.29 is 22.5 Å². The Labute approximate surface area is 181 Å². The molecule has 0 aliphatic rings. The van der Waals surface area contributed by atoms with Crippen molar-refractivity contribution in [3.05, 3.63) is 71.1 Å². The smallest absolute Gasteiger partial charge is 0.261 e. The summed E-state index contributed by atoms with van der Waals surface area (Å²) in [5.74, 6) is 0.991. The minimum absolute atomic E-state index is 0.00188. The van der Waals surface area contributed by atoms with E-state index in [-0.39, 0.29) is 16.4 Å². The van der Waals surface area contributed by atoms with Gasteiger partial charge in [-0.1, -0.05) is 11.2 Å². The molecule has 0 unspecified atom stereocenters. The number of aromatic nitrogens is 1. The molecule has 8 nitrogen and oxygen atoms in total. The molecule has 0 saturated heterocycles. The summed E-state index contributed by atoms with van der Waals surface area (Å²) < 4.78 is 38.7. The van der Waals surface area contributed by atoms with Crippen molar-refractivity contribution in [2.45, 2.75) is 32.2 Å². The van der Waals surface area contributed by atoms with E-state index in [0.29, 0.717) is 36.0 Å². The summed E-state index contributed by atoms with van der Waals surface area (Å²) in [4.78, 5) is 14.4. The van der Waals surface area contributed by atoms with Gasteiger partial charge in [0.1, 0.15) is 11.5 Å². The van der Waals surface area contributed by atoms with E-state index in [2.05, 4.69) is 9.88 Å². The van der Waals surface area contributed by atoms with Gasteiger partial charge in [0, 0.05) is 23.9 Å². The lowest BCUT2D eigenvalue weighted by Crippen LogP contribution is -2.27. The van der Waals surface area contributed by atoms with E-state index in [4.69, 9.17) is 9.26 Å². The van der Waals surface area contributed by atoms with Gasteiger partial charge in [0.05, 0.1) is 23.7 Å². The van der Waals surface area contributed by atoms with Gasteiger partial charge in [-0.15, -0.1) is 0 Å². The summed E-state index contributed by atoms with van der Waals surface area (Å²) in [6.07, 6.45) is 0. The predicted octanol–water partition coefficient (Wildman–Crippen LogP) is 3.76. The zero-order valence-electron chi connectivity index (χ0n) is 17.9. The van der Waals surface area contributed by atoms with E-state index >= 15 is 0 Å². The van der Waals surface area contributed by atoms with Crippen LogP contribution in [0, 0.1) is 13.8 Å². The van der Waals surface area contributed by atoms with Gasteiger partial charge in [-0.05, 0) is 63.2 Å². The molecular weight excluding hydrogens is 418 g/mol. The summed E-state index contributed by atoms with van der Waals surface area (Å²) in [7, 11) is -2.22. The van der Waals surface area contributed by atoms with Gasteiger partial charge < -0.3 is 14.2 Å². The lowest BCUT2D eigenvalue weighted by atomic mass is 10.1. The van der Waals surface area contributed by atoms with Crippen LogP contribution in [0.3, 0.4) is 0 Å². The predicted molar refractivity (Wildman–Crippen MR) is 117 cm³/mol. The van der Waals surface area contributed by atoms with Crippen LogP contribution in [0.4, 0.5) is 5.69 Å². The number of nitrogens with zero attached hydrogens (tertiary/aromatic N) is 2. The first-order valence-corrected chi connectivity index (χ1v) is 11.2. The molecule has 3 rings (SSSR count). The van der Waals surface area contributed by atoms with E-state index in [1.54, 1.807) is 50.4 Å². The van der Waals surface area contributed by atoms with Crippen LogP contribution in [-0.4, -0.2) is 38.0 Å². The number of hydrogen-bond donors (Lipinski definition) is 1. The van der Waals surface area contributed by atoms with Crippen molar-refractivity contribution in [3.63, 3.8) is 0 Å². The standard InChI is InChI=1S/C22H25N3O5S/c1-5-29-19-11-9-18(10-12-19)24-31(27,28)20-8-6-7-17(13-20)22(26)25(4)14-21-15(2)23-30-16(21)3/h6-13,24H,5,14H2,1-4H3. The Morgan fingerprint density at radius 2 is 1.87 bits per heavy atom. The third-order valence-electron chi connectivity index (χ3n) is 4.73. The molecular formula is C22H25N3O5S. The van der Waals surface area contributed by atoms with Gasteiger partial charge in [0.15, 0.2) is 0 Å². The third kappa shape index (κ3) is 5.24. The van der Waals surface area contributed by atoms with Crippen LogP contribution in [0.15, 0.2) is 57.9 Å². The summed E-state index contributed by atoms with van der Waals surface area (Å²) in [6, 6.07) is 12.6. The molecule has 1 heterocycles. The minimum atomic E-state index is -3.87. The fourth-order valence-electron chi connectivity index (χ4n) is 3.05. The maximum Gasteiger partial charge on any atom is 0.261 e. The van der Waals surface area contributed by atoms with Crippen LogP contribution in [0.2, 0.25) is 0 Å². The second-order valence-electron chi connectivity index (χ2n) is 7.05. The molecule has 3 aromatic rings. The maximum absolute atomic E-state index is 12.9. The summed E-state index contributed by atoms with van der Waals surface area (Å²) in [6.45, 7) is 6.30. The summed E-state index contributed by atoms with van der Waals surface area (Å²) in [5.41, 5.74) is 2.21. The Kier molecular flexibility index (Phi) is 6.65. The topological polar surface area (TPSA) is 102 Å². The molecule has 0 fully saturated rings. The second-order valence-corrected chi connectivity index (χ2v) is 8.74. The Bertz CT molecular complexity index is 1150. The van der Waals surface area contributed by atoms with Crippen molar-refractivity contribution in [3.8, 4) is 5.75 Å². The monoisotopic (exact) mass is 443 g/mol. The van der Waals surface area contributed by atoms with Crippen molar-refractivity contribution in [1.82, 2.24) is 10.1 Å². The van der Waals surface area contributed by atoms with Crippen molar-refractivity contribution in [2.75, 3.05) is 18.4 Å². The number of rotatable bonds is 8. The SMILES string of the molecule is CCOc1ccc(NS(=O)(=O)c2cccc(C(=O)N(C)Cc3c(C)noc3C)c2)cc1. The molecule has 0 aliphatic heterocycles. The van der Waals surface area contributed by atoms with E-state index in [1.807, 2.05) is 13.8 Å². The van der Waals surface area contributed by atoms with Crippen LogP contribution in [0.1, 0.15) is 34.3 Å². The molecule has 0 spiro atoms. The number of aryl methyl sites for hydroxylation is 2. The molecule has 0 aliphatic carbocycles. The number of hydrogen-bond acceptors (Lipinski definition) is 6. The number of sulfonamides is 1. The first-order chi connectivity index (χ1) is 14.7. The fourth-order valence-corrected chi connectivity index (χ4v) is 4.16. The Morgan fingerprint density at radius 3 is 2.48 bits per heavy atom. The third-order valence-corrected chi connectivity index (χ3v) is 6.11. The van der Waals surface area contributed by atoms with Crippen LogP contribution >= 0.6 is 0 Å². The van der Waals surface area contributed by atoms with Gasteiger partial charge >= 0.3 is 0 Å². The number of ether oxygens (including phenoxy) is 1. The van der Waals surface area contributed by atoms with Crippen molar-refractivity contribution >= 4 is 21.6 Å². The minimum Gasteiger partial charge on any atom is -0.494 e. The number of anilines is 1. The van der Waals surface area contributed by atoms with Crippen molar-refractivity contribution in [2.24, 2.45) is 0 Å². The van der Waals surface area contributed by atoms with Crippen molar-refractivity contribution in [1.29, 1.82) is 0 Å². The Hall–Kier alpha value is -3.33.